The molecule has 1 aromatic carbocycles. The van der Waals surface area contributed by atoms with Gasteiger partial charge < -0.3 is 15.5 Å². The minimum Gasteiger partial charge on any atom is -0.399 e. The second-order valence-corrected chi connectivity index (χ2v) is 7.09. The molecule has 1 atom stereocenters. The number of rotatable bonds is 4. The zero-order valence-electron chi connectivity index (χ0n) is 13.3. The van der Waals surface area contributed by atoms with Crippen molar-refractivity contribution >= 4 is 17.0 Å². The molecule has 1 aliphatic rings. The summed E-state index contributed by atoms with van der Waals surface area (Å²) in [6, 6.07) is 7.95. The highest BCUT2D eigenvalue weighted by atomic mass is 32.1. The third-order valence-corrected chi connectivity index (χ3v) is 5.33. The van der Waals surface area contributed by atoms with Crippen molar-refractivity contribution in [1.29, 1.82) is 0 Å². The van der Waals surface area contributed by atoms with E-state index in [-0.39, 0.29) is 0 Å². The van der Waals surface area contributed by atoms with Gasteiger partial charge in [-0.15, -0.1) is 11.3 Å². The van der Waals surface area contributed by atoms with Crippen LogP contribution in [0.25, 0.3) is 11.3 Å². The topological polar surface area (TPSA) is 45.4 Å². The smallest absolute Gasteiger partial charge is 0.0973 e. The lowest BCUT2D eigenvalue weighted by molar-refractivity contribution is 0.149. The molecule has 118 valence electrons. The van der Waals surface area contributed by atoms with E-state index in [1.165, 1.54) is 18.1 Å². The zero-order chi connectivity index (χ0) is 15.5. The van der Waals surface area contributed by atoms with Crippen LogP contribution in [0.5, 0.6) is 0 Å². The van der Waals surface area contributed by atoms with Gasteiger partial charge in [0.15, 0.2) is 0 Å². The lowest BCUT2D eigenvalue weighted by Crippen LogP contribution is -2.45. The first-order valence-electron chi connectivity index (χ1n) is 7.84. The van der Waals surface area contributed by atoms with Crippen LogP contribution >= 0.6 is 11.3 Å². The van der Waals surface area contributed by atoms with Crippen LogP contribution in [0, 0.1) is 0 Å². The van der Waals surface area contributed by atoms with Gasteiger partial charge in [0, 0.05) is 55.3 Å². The molecule has 0 spiro atoms. The van der Waals surface area contributed by atoms with Gasteiger partial charge in [-0.25, -0.2) is 4.98 Å². The van der Waals surface area contributed by atoms with E-state index in [9.17, 15) is 0 Å². The summed E-state index contributed by atoms with van der Waals surface area (Å²) < 4.78 is 0. The molecule has 3 rings (SSSR count). The van der Waals surface area contributed by atoms with Crippen molar-refractivity contribution in [1.82, 2.24) is 14.8 Å². The van der Waals surface area contributed by atoms with Crippen molar-refractivity contribution in [3.8, 4) is 11.3 Å². The summed E-state index contributed by atoms with van der Waals surface area (Å²) >= 11 is 1.76. The number of nitrogens with two attached hydrogens (primary N) is 1. The maximum absolute atomic E-state index is 5.86. The molecule has 0 aliphatic carbocycles. The Morgan fingerprint density at radius 1 is 1.27 bits per heavy atom. The van der Waals surface area contributed by atoms with E-state index in [1.807, 2.05) is 18.2 Å². The molecule has 1 aromatic heterocycles. The predicted molar refractivity (Wildman–Crippen MR) is 94.3 cm³/mol. The van der Waals surface area contributed by atoms with Gasteiger partial charge in [0.1, 0.15) is 0 Å². The second-order valence-electron chi connectivity index (χ2n) is 6.20. The third kappa shape index (κ3) is 3.66. The molecule has 0 bridgehead atoms. The maximum Gasteiger partial charge on any atom is 0.0973 e. The van der Waals surface area contributed by atoms with Crippen LogP contribution in [-0.2, 0) is 0 Å². The van der Waals surface area contributed by atoms with Crippen molar-refractivity contribution in [3.05, 3.63) is 34.7 Å². The molecule has 1 fully saturated rings. The largest absolute Gasteiger partial charge is 0.399 e. The third-order valence-electron chi connectivity index (χ3n) is 4.25. The van der Waals surface area contributed by atoms with Crippen LogP contribution in [0.4, 0.5) is 5.69 Å². The van der Waals surface area contributed by atoms with Gasteiger partial charge in [-0.05, 0) is 19.2 Å². The lowest BCUT2D eigenvalue weighted by Gasteiger charge is -2.33. The standard InChI is InChI=1S/C17H24N4S/c1-13(11-21-8-6-20(2)7-9-21)17-19-16(12-22-17)14-4-3-5-15(18)10-14/h3-5,10,12-13H,6-9,11,18H2,1-2H3. The Kier molecular flexibility index (Phi) is 4.76. The van der Waals surface area contributed by atoms with Crippen LogP contribution in [0.1, 0.15) is 17.8 Å². The molecule has 2 N–H and O–H groups in total. The molecule has 1 saturated heterocycles. The Morgan fingerprint density at radius 3 is 2.77 bits per heavy atom. The van der Waals surface area contributed by atoms with Gasteiger partial charge in [0.2, 0.25) is 0 Å². The van der Waals surface area contributed by atoms with Gasteiger partial charge in [-0.2, -0.15) is 0 Å². The number of piperazine rings is 1. The summed E-state index contributed by atoms with van der Waals surface area (Å²) in [7, 11) is 2.19. The van der Waals surface area contributed by atoms with Gasteiger partial charge >= 0.3 is 0 Å². The summed E-state index contributed by atoms with van der Waals surface area (Å²) in [6.07, 6.45) is 0. The molecular weight excluding hydrogens is 292 g/mol. The highest BCUT2D eigenvalue weighted by molar-refractivity contribution is 7.10. The Balaban J connectivity index is 1.65. The number of aromatic nitrogens is 1. The number of benzene rings is 1. The Bertz CT molecular complexity index is 617. The molecule has 2 heterocycles. The number of nitrogen functional groups attached to an aromatic ring is 1. The van der Waals surface area contributed by atoms with E-state index in [2.05, 4.69) is 35.2 Å². The molecule has 5 heteroatoms. The van der Waals surface area contributed by atoms with Gasteiger partial charge in [-0.3, -0.25) is 0 Å². The second kappa shape index (κ2) is 6.77. The SMILES string of the molecule is CC(CN1CCN(C)CC1)c1nc(-c2cccc(N)c2)cs1. The van der Waals surface area contributed by atoms with E-state index < -0.39 is 0 Å². The zero-order valence-corrected chi connectivity index (χ0v) is 14.1. The monoisotopic (exact) mass is 316 g/mol. The quantitative estimate of drug-likeness (QED) is 0.881. The summed E-state index contributed by atoms with van der Waals surface area (Å²) in [5, 5.41) is 3.36. The minimum atomic E-state index is 0.475. The van der Waals surface area contributed by atoms with Crippen LogP contribution in [0.15, 0.2) is 29.6 Å². The molecular formula is C17H24N4S. The van der Waals surface area contributed by atoms with Crippen molar-refractivity contribution in [2.75, 3.05) is 45.5 Å². The Hall–Kier alpha value is -1.43. The molecule has 1 aliphatic heterocycles. The number of anilines is 1. The average Bonchev–Trinajstić information content (AvgIpc) is 3.00. The van der Waals surface area contributed by atoms with Crippen molar-refractivity contribution in [3.63, 3.8) is 0 Å². The average molecular weight is 316 g/mol. The number of nitrogens with zero attached hydrogens (tertiary/aromatic N) is 3. The number of hydrogen-bond acceptors (Lipinski definition) is 5. The summed E-state index contributed by atoms with van der Waals surface area (Å²) in [5.41, 5.74) is 8.80. The van der Waals surface area contributed by atoms with Crippen LogP contribution in [0.2, 0.25) is 0 Å². The van der Waals surface area contributed by atoms with Gasteiger partial charge in [-0.1, -0.05) is 19.1 Å². The fourth-order valence-corrected chi connectivity index (χ4v) is 3.72. The van der Waals surface area contributed by atoms with Crippen molar-refractivity contribution in [2.24, 2.45) is 0 Å². The molecule has 0 amide bonds. The van der Waals surface area contributed by atoms with Crippen molar-refractivity contribution < 1.29 is 0 Å². The Labute approximate surface area is 136 Å². The first-order valence-corrected chi connectivity index (χ1v) is 8.72. The van der Waals surface area contributed by atoms with Gasteiger partial charge in [0.05, 0.1) is 10.7 Å². The number of thiazole rings is 1. The maximum atomic E-state index is 5.86. The molecule has 1 unspecified atom stereocenters. The first-order chi connectivity index (χ1) is 10.6. The fourth-order valence-electron chi connectivity index (χ4n) is 2.84. The van der Waals surface area contributed by atoms with Crippen LogP contribution < -0.4 is 5.73 Å². The first kappa shape index (κ1) is 15.5. The highest BCUT2D eigenvalue weighted by Crippen LogP contribution is 2.28. The molecule has 22 heavy (non-hydrogen) atoms. The van der Waals surface area contributed by atoms with Gasteiger partial charge in [0.25, 0.3) is 0 Å². The molecule has 4 nitrogen and oxygen atoms in total. The number of hydrogen-bond donors (Lipinski definition) is 1. The summed E-state index contributed by atoms with van der Waals surface area (Å²) in [4.78, 5) is 9.77. The Morgan fingerprint density at radius 2 is 2.05 bits per heavy atom. The van der Waals surface area contributed by atoms with E-state index >= 15 is 0 Å². The van der Waals surface area contributed by atoms with E-state index in [1.54, 1.807) is 11.3 Å². The van der Waals surface area contributed by atoms with E-state index in [0.29, 0.717) is 5.92 Å². The van der Waals surface area contributed by atoms with Crippen LogP contribution in [0.3, 0.4) is 0 Å². The number of likely N-dealkylation sites (N-methyl/N-ethyl adjacent to an activating group) is 1. The van der Waals surface area contributed by atoms with Crippen molar-refractivity contribution in [2.45, 2.75) is 12.8 Å². The molecule has 2 aromatic rings. The van der Waals surface area contributed by atoms with Crippen LogP contribution in [-0.4, -0.2) is 54.6 Å². The predicted octanol–water partition coefficient (Wildman–Crippen LogP) is 2.74. The normalized spacial score (nSPS) is 18.5. The molecule has 0 radical (unpaired) electrons. The minimum absolute atomic E-state index is 0.475. The summed E-state index contributed by atoms with van der Waals surface area (Å²) in [5.74, 6) is 0.475. The summed E-state index contributed by atoms with van der Waals surface area (Å²) in [6.45, 7) is 8.03. The molecule has 0 saturated carbocycles. The fraction of sp³-hybridized carbons (Fsp3) is 0.471. The van der Waals surface area contributed by atoms with E-state index in [0.717, 1.165) is 36.6 Å². The lowest BCUT2D eigenvalue weighted by atomic mass is 10.1. The van der Waals surface area contributed by atoms with E-state index in [4.69, 9.17) is 10.7 Å². The highest BCUT2D eigenvalue weighted by Gasteiger charge is 2.19.